The molecule has 17 heavy (non-hydrogen) atoms. The van der Waals surface area contributed by atoms with Crippen LogP contribution in [0.15, 0.2) is 0 Å². The first kappa shape index (κ1) is 14.9. The summed E-state index contributed by atoms with van der Waals surface area (Å²) in [6.07, 6.45) is 5.00. The largest absolute Gasteiger partial charge is 0.317 e. The Morgan fingerprint density at radius 1 is 0.588 bits per heavy atom. The van der Waals surface area contributed by atoms with Gasteiger partial charge in [0.2, 0.25) is 0 Å². The zero-order chi connectivity index (χ0) is 12.2. The zero-order valence-corrected chi connectivity index (χ0v) is 11.4. The maximum atomic E-state index is 3.51. The van der Waals surface area contributed by atoms with Crippen LogP contribution in [0.1, 0.15) is 25.7 Å². The average molecular weight is 242 g/mol. The van der Waals surface area contributed by atoms with E-state index >= 15 is 0 Å². The van der Waals surface area contributed by atoms with Gasteiger partial charge in [0.1, 0.15) is 0 Å². The van der Waals surface area contributed by atoms with E-state index in [-0.39, 0.29) is 0 Å². The predicted octanol–water partition coefficient (Wildman–Crippen LogP) is 0.261. The van der Waals surface area contributed by atoms with Crippen LogP contribution in [-0.2, 0) is 0 Å². The standard InChI is InChI=1S/C13H30N4/c1-17-12-4-10-15-8-2-6-14-7-3-9-16-11-5-13-17/h14-16H,2-13H2,1H3. The van der Waals surface area contributed by atoms with Gasteiger partial charge in [-0.15, -0.1) is 0 Å². The summed E-state index contributed by atoms with van der Waals surface area (Å²) in [5, 5.41) is 10.5. The number of nitrogens with zero attached hydrogens (tertiary/aromatic N) is 1. The molecule has 0 atom stereocenters. The minimum absolute atomic E-state index is 1.15. The van der Waals surface area contributed by atoms with E-state index in [1.165, 1.54) is 38.8 Å². The molecule has 1 aliphatic heterocycles. The van der Waals surface area contributed by atoms with E-state index in [4.69, 9.17) is 0 Å². The van der Waals surface area contributed by atoms with Gasteiger partial charge in [0.15, 0.2) is 0 Å². The number of hydrogen-bond acceptors (Lipinski definition) is 4. The van der Waals surface area contributed by atoms with Crippen molar-refractivity contribution in [2.24, 2.45) is 0 Å². The van der Waals surface area contributed by atoms with Crippen LogP contribution in [0.25, 0.3) is 0 Å². The lowest BCUT2D eigenvalue weighted by Crippen LogP contribution is -2.30. The second kappa shape index (κ2) is 11.0. The molecular formula is C13H30N4. The van der Waals surface area contributed by atoms with Crippen LogP contribution in [0.2, 0.25) is 0 Å². The smallest absolute Gasteiger partial charge is 0.000968 e. The molecule has 0 spiro atoms. The Labute approximate surface area is 107 Å². The zero-order valence-electron chi connectivity index (χ0n) is 11.4. The molecule has 102 valence electrons. The summed E-state index contributed by atoms with van der Waals surface area (Å²) in [5.41, 5.74) is 0. The summed E-state index contributed by atoms with van der Waals surface area (Å²) in [7, 11) is 2.23. The molecule has 1 aliphatic rings. The summed E-state index contributed by atoms with van der Waals surface area (Å²) in [4.78, 5) is 2.44. The first-order valence-corrected chi connectivity index (χ1v) is 7.20. The van der Waals surface area contributed by atoms with Gasteiger partial charge in [0, 0.05) is 0 Å². The fourth-order valence-electron chi connectivity index (χ4n) is 2.11. The molecule has 0 amide bonds. The summed E-state index contributed by atoms with van der Waals surface area (Å²) in [5.74, 6) is 0. The Kier molecular flexibility index (Phi) is 9.61. The van der Waals surface area contributed by atoms with Crippen molar-refractivity contribution in [2.75, 3.05) is 59.4 Å². The first-order chi connectivity index (χ1) is 8.39. The second-order valence-corrected chi connectivity index (χ2v) is 4.97. The summed E-state index contributed by atoms with van der Waals surface area (Å²) in [6, 6.07) is 0. The van der Waals surface area contributed by atoms with Crippen molar-refractivity contribution in [3.8, 4) is 0 Å². The van der Waals surface area contributed by atoms with Gasteiger partial charge in [-0.3, -0.25) is 0 Å². The highest BCUT2D eigenvalue weighted by atomic mass is 15.1. The van der Waals surface area contributed by atoms with Crippen molar-refractivity contribution < 1.29 is 0 Å². The lowest BCUT2D eigenvalue weighted by Gasteiger charge is -2.17. The van der Waals surface area contributed by atoms with Crippen molar-refractivity contribution >= 4 is 0 Å². The molecule has 4 nitrogen and oxygen atoms in total. The van der Waals surface area contributed by atoms with Crippen LogP contribution in [0.5, 0.6) is 0 Å². The Hall–Kier alpha value is -0.160. The highest BCUT2D eigenvalue weighted by Gasteiger charge is 1.98. The highest BCUT2D eigenvalue weighted by molar-refractivity contribution is 4.59. The minimum Gasteiger partial charge on any atom is -0.317 e. The maximum Gasteiger partial charge on any atom is -0.000968 e. The van der Waals surface area contributed by atoms with Crippen LogP contribution in [-0.4, -0.2) is 64.3 Å². The van der Waals surface area contributed by atoms with Crippen molar-refractivity contribution in [3.05, 3.63) is 0 Å². The van der Waals surface area contributed by atoms with Gasteiger partial charge in [-0.25, -0.2) is 0 Å². The van der Waals surface area contributed by atoms with E-state index in [1.54, 1.807) is 0 Å². The van der Waals surface area contributed by atoms with Crippen molar-refractivity contribution in [1.82, 2.24) is 20.9 Å². The Balaban J connectivity index is 2.09. The number of hydrogen-bond donors (Lipinski definition) is 3. The van der Waals surface area contributed by atoms with E-state index in [9.17, 15) is 0 Å². The first-order valence-electron chi connectivity index (χ1n) is 7.20. The van der Waals surface area contributed by atoms with Gasteiger partial charge in [-0.05, 0) is 85.1 Å². The molecule has 0 aromatic carbocycles. The fraction of sp³-hybridized carbons (Fsp3) is 1.00. The Bertz CT molecular complexity index is 147. The van der Waals surface area contributed by atoms with E-state index in [2.05, 4.69) is 27.9 Å². The van der Waals surface area contributed by atoms with Gasteiger partial charge >= 0.3 is 0 Å². The summed E-state index contributed by atoms with van der Waals surface area (Å²) >= 11 is 0. The topological polar surface area (TPSA) is 39.3 Å². The maximum absolute atomic E-state index is 3.51. The van der Waals surface area contributed by atoms with Gasteiger partial charge < -0.3 is 20.9 Å². The van der Waals surface area contributed by atoms with Crippen molar-refractivity contribution in [1.29, 1.82) is 0 Å². The molecule has 0 radical (unpaired) electrons. The second-order valence-electron chi connectivity index (χ2n) is 4.97. The van der Waals surface area contributed by atoms with Crippen LogP contribution < -0.4 is 16.0 Å². The predicted molar refractivity (Wildman–Crippen MR) is 74.6 cm³/mol. The highest BCUT2D eigenvalue weighted by Crippen LogP contribution is 1.90. The van der Waals surface area contributed by atoms with Crippen LogP contribution in [0, 0.1) is 0 Å². The van der Waals surface area contributed by atoms with E-state index in [0.717, 1.165) is 39.3 Å². The number of nitrogens with one attached hydrogen (secondary N) is 3. The average Bonchev–Trinajstić information content (AvgIpc) is 2.32. The lowest BCUT2D eigenvalue weighted by molar-refractivity contribution is 0.319. The number of rotatable bonds is 0. The van der Waals surface area contributed by atoms with E-state index < -0.39 is 0 Å². The normalized spacial score (nSPS) is 24.5. The third kappa shape index (κ3) is 9.53. The van der Waals surface area contributed by atoms with Crippen molar-refractivity contribution in [2.45, 2.75) is 25.7 Å². The van der Waals surface area contributed by atoms with Gasteiger partial charge in [0.25, 0.3) is 0 Å². The molecule has 1 fully saturated rings. The molecule has 0 saturated carbocycles. The van der Waals surface area contributed by atoms with Gasteiger partial charge in [0.05, 0.1) is 0 Å². The quantitative estimate of drug-likeness (QED) is 0.570. The molecule has 0 unspecified atom stereocenters. The molecule has 4 heteroatoms. The third-order valence-electron chi connectivity index (χ3n) is 3.20. The summed E-state index contributed by atoms with van der Waals surface area (Å²) < 4.78 is 0. The van der Waals surface area contributed by atoms with Crippen LogP contribution in [0.4, 0.5) is 0 Å². The van der Waals surface area contributed by atoms with E-state index in [0.29, 0.717) is 0 Å². The molecular weight excluding hydrogens is 212 g/mol. The molecule has 0 aromatic heterocycles. The molecule has 0 aliphatic carbocycles. The third-order valence-corrected chi connectivity index (χ3v) is 3.20. The molecule has 1 saturated heterocycles. The Morgan fingerprint density at radius 2 is 0.941 bits per heavy atom. The fourth-order valence-corrected chi connectivity index (χ4v) is 2.11. The lowest BCUT2D eigenvalue weighted by atomic mass is 10.3. The van der Waals surface area contributed by atoms with Crippen LogP contribution in [0.3, 0.4) is 0 Å². The van der Waals surface area contributed by atoms with Gasteiger partial charge in [-0.1, -0.05) is 0 Å². The molecule has 0 aromatic rings. The monoisotopic (exact) mass is 242 g/mol. The summed E-state index contributed by atoms with van der Waals surface area (Å²) in [6.45, 7) is 9.32. The molecule has 0 bridgehead atoms. The van der Waals surface area contributed by atoms with E-state index in [1.807, 2.05) is 0 Å². The molecule has 1 heterocycles. The minimum atomic E-state index is 1.15. The van der Waals surface area contributed by atoms with Gasteiger partial charge in [-0.2, -0.15) is 0 Å². The van der Waals surface area contributed by atoms with Crippen LogP contribution >= 0.6 is 0 Å². The Morgan fingerprint density at radius 3 is 1.35 bits per heavy atom. The molecule has 3 N–H and O–H groups in total. The SMILES string of the molecule is CN1CCCNCCCNCCCNCCC1. The molecule has 1 rings (SSSR count). The van der Waals surface area contributed by atoms with Crippen molar-refractivity contribution in [3.63, 3.8) is 0 Å².